The number of urea groups is 1. The zero-order valence-corrected chi connectivity index (χ0v) is 18.9. The fourth-order valence-corrected chi connectivity index (χ4v) is 3.89. The smallest absolute Gasteiger partial charge is 0.306 e. The summed E-state index contributed by atoms with van der Waals surface area (Å²) in [6.45, 7) is 6.21. The number of amides is 2. The molecule has 154 valence electrons. The number of anilines is 2. The van der Waals surface area contributed by atoms with E-state index >= 15 is 0 Å². The average molecular weight is 460 g/mol. The fraction of sp³-hybridized carbons (Fsp3) is 0.190. The molecule has 2 amide bonds. The highest BCUT2D eigenvalue weighted by molar-refractivity contribution is 7.16. The maximum Gasteiger partial charge on any atom is 0.324 e. The zero-order valence-electron chi connectivity index (χ0n) is 16.5. The Morgan fingerprint density at radius 2 is 1.90 bits per heavy atom. The summed E-state index contributed by atoms with van der Waals surface area (Å²) in [4.78, 5) is 17.1. The van der Waals surface area contributed by atoms with Crippen molar-refractivity contribution in [2.45, 2.75) is 26.2 Å². The Balaban J connectivity index is 1.68. The average Bonchev–Trinajstić information content (AvgIpc) is 3.31. The summed E-state index contributed by atoms with van der Waals surface area (Å²) in [5.74, 6) is 0.533. The van der Waals surface area contributed by atoms with Gasteiger partial charge in [-0.05, 0) is 30.3 Å². The molecule has 2 aromatic carbocycles. The van der Waals surface area contributed by atoms with Crippen LogP contribution in [0.25, 0.3) is 15.9 Å². The third-order valence-electron chi connectivity index (χ3n) is 4.48. The molecule has 4 rings (SSSR count). The van der Waals surface area contributed by atoms with E-state index in [1.807, 2.05) is 24.3 Å². The Hall–Kier alpha value is -2.61. The summed E-state index contributed by atoms with van der Waals surface area (Å²) in [6, 6.07) is 12.4. The number of fused-ring (bicyclic) bond motifs is 1. The number of nitrogens with zero attached hydrogens (tertiary/aromatic N) is 3. The monoisotopic (exact) mass is 459 g/mol. The number of rotatable bonds is 3. The second kappa shape index (κ2) is 7.91. The minimum absolute atomic E-state index is 0.195. The lowest BCUT2D eigenvalue weighted by atomic mass is 9.92. The molecular weight excluding hydrogens is 441 g/mol. The number of aromatic nitrogens is 3. The third-order valence-corrected chi connectivity index (χ3v) is 6.11. The molecule has 2 aromatic heterocycles. The predicted octanol–water partition coefficient (Wildman–Crippen LogP) is 6.73. The first-order valence-electron chi connectivity index (χ1n) is 9.18. The molecule has 2 N–H and O–H groups in total. The number of hydrogen-bond donors (Lipinski definition) is 2. The molecule has 0 atom stereocenters. The first-order chi connectivity index (χ1) is 14.2. The highest BCUT2D eigenvalue weighted by Crippen LogP contribution is 2.31. The van der Waals surface area contributed by atoms with Crippen LogP contribution in [0.1, 0.15) is 26.5 Å². The van der Waals surface area contributed by atoms with Gasteiger partial charge in [-0.15, -0.1) is 11.3 Å². The normalized spacial score (nSPS) is 11.6. The molecule has 0 radical (unpaired) electrons. The van der Waals surface area contributed by atoms with Crippen molar-refractivity contribution in [3.63, 3.8) is 0 Å². The van der Waals surface area contributed by atoms with Crippen LogP contribution < -0.4 is 10.6 Å². The topological polar surface area (TPSA) is 71.8 Å². The highest BCUT2D eigenvalue weighted by Gasteiger charge is 2.22. The van der Waals surface area contributed by atoms with Crippen LogP contribution in [0.2, 0.25) is 10.0 Å². The van der Waals surface area contributed by atoms with Gasteiger partial charge in [-0.25, -0.2) is 14.5 Å². The van der Waals surface area contributed by atoms with Crippen molar-refractivity contribution in [2.75, 3.05) is 10.6 Å². The molecule has 0 aliphatic rings. The van der Waals surface area contributed by atoms with Gasteiger partial charge in [0.05, 0.1) is 42.8 Å². The van der Waals surface area contributed by atoms with Crippen molar-refractivity contribution in [1.29, 1.82) is 0 Å². The standard InChI is InChI=1S/C21H19Cl2N5OS/c1-21(2,3)17-10-18(26-20(29)25-14-6-4-5-13(22)19(14)23)28(27-17)12-7-8-16-15(9-12)24-11-30-16/h4-11H,1-3H3,(H2,25,26,29). The fourth-order valence-electron chi connectivity index (χ4n) is 2.88. The van der Waals surface area contributed by atoms with Gasteiger partial charge in [0.25, 0.3) is 0 Å². The quantitative estimate of drug-likeness (QED) is 0.356. The van der Waals surface area contributed by atoms with Gasteiger partial charge < -0.3 is 5.32 Å². The number of carbonyl (C=O) groups excluding carboxylic acids is 1. The highest BCUT2D eigenvalue weighted by atomic mass is 35.5. The minimum Gasteiger partial charge on any atom is -0.306 e. The summed E-state index contributed by atoms with van der Waals surface area (Å²) >= 11 is 13.8. The number of thiazole rings is 1. The molecule has 9 heteroatoms. The van der Waals surface area contributed by atoms with Gasteiger partial charge in [-0.2, -0.15) is 5.10 Å². The zero-order chi connectivity index (χ0) is 21.5. The van der Waals surface area contributed by atoms with Crippen molar-refractivity contribution >= 4 is 62.3 Å². The van der Waals surface area contributed by atoms with E-state index in [-0.39, 0.29) is 10.4 Å². The van der Waals surface area contributed by atoms with Crippen LogP contribution in [-0.2, 0) is 5.41 Å². The second-order valence-electron chi connectivity index (χ2n) is 7.76. The SMILES string of the molecule is CC(C)(C)c1cc(NC(=O)Nc2cccc(Cl)c2Cl)n(-c2ccc3scnc3c2)n1. The van der Waals surface area contributed by atoms with Gasteiger partial charge in [0.15, 0.2) is 0 Å². The van der Waals surface area contributed by atoms with E-state index < -0.39 is 6.03 Å². The molecule has 0 unspecified atom stereocenters. The summed E-state index contributed by atoms with van der Waals surface area (Å²) in [5.41, 5.74) is 4.56. The number of halogens is 2. The Labute approximate surface area is 187 Å². The first-order valence-corrected chi connectivity index (χ1v) is 10.8. The van der Waals surface area contributed by atoms with Gasteiger partial charge in [0.1, 0.15) is 5.82 Å². The number of hydrogen-bond acceptors (Lipinski definition) is 4. The predicted molar refractivity (Wildman–Crippen MR) is 125 cm³/mol. The van der Waals surface area contributed by atoms with Crippen LogP contribution in [0, 0.1) is 0 Å². The van der Waals surface area contributed by atoms with E-state index in [4.69, 9.17) is 28.3 Å². The maximum atomic E-state index is 12.7. The van der Waals surface area contributed by atoms with E-state index in [1.54, 1.807) is 39.7 Å². The van der Waals surface area contributed by atoms with Crippen LogP contribution in [0.15, 0.2) is 48.0 Å². The summed E-state index contributed by atoms with van der Waals surface area (Å²) in [7, 11) is 0. The lowest BCUT2D eigenvalue weighted by Gasteiger charge is -2.14. The number of nitrogens with one attached hydrogen (secondary N) is 2. The summed E-state index contributed by atoms with van der Waals surface area (Å²) in [5, 5.41) is 11.0. The molecule has 0 spiro atoms. The Morgan fingerprint density at radius 1 is 1.10 bits per heavy atom. The van der Waals surface area contributed by atoms with Crippen LogP contribution in [0.4, 0.5) is 16.3 Å². The lowest BCUT2D eigenvalue weighted by molar-refractivity contribution is 0.262. The van der Waals surface area contributed by atoms with Crippen LogP contribution >= 0.6 is 34.5 Å². The Morgan fingerprint density at radius 3 is 2.67 bits per heavy atom. The number of carbonyl (C=O) groups is 1. The second-order valence-corrected chi connectivity index (χ2v) is 9.43. The molecule has 4 aromatic rings. The van der Waals surface area contributed by atoms with Crippen molar-refractivity contribution in [1.82, 2.24) is 14.8 Å². The minimum atomic E-state index is -0.449. The molecule has 0 bridgehead atoms. The molecule has 30 heavy (non-hydrogen) atoms. The molecule has 0 saturated heterocycles. The van der Waals surface area contributed by atoms with Crippen molar-refractivity contribution in [3.05, 3.63) is 63.7 Å². The molecule has 2 heterocycles. The summed E-state index contributed by atoms with van der Waals surface area (Å²) in [6.07, 6.45) is 0. The molecule has 0 saturated carbocycles. The van der Waals surface area contributed by atoms with Crippen molar-refractivity contribution in [3.8, 4) is 5.69 Å². The van der Waals surface area contributed by atoms with E-state index in [1.165, 1.54) is 0 Å². The van der Waals surface area contributed by atoms with E-state index in [2.05, 4.69) is 36.4 Å². The molecule has 0 aliphatic heterocycles. The molecule has 6 nitrogen and oxygen atoms in total. The van der Waals surface area contributed by atoms with Crippen LogP contribution in [-0.4, -0.2) is 20.8 Å². The van der Waals surface area contributed by atoms with Crippen molar-refractivity contribution in [2.24, 2.45) is 0 Å². The van der Waals surface area contributed by atoms with E-state index in [0.29, 0.717) is 16.5 Å². The van der Waals surface area contributed by atoms with Gasteiger partial charge in [0, 0.05) is 11.5 Å². The van der Waals surface area contributed by atoms with Gasteiger partial charge in [-0.1, -0.05) is 50.0 Å². The molecule has 0 aliphatic carbocycles. The summed E-state index contributed by atoms with van der Waals surface area (Å²) < 4.78 is 2.79. The lowest BCUT2D eigenvalue weighted by Crippen LogP contribution is -2.21. The Bertz CT molecular complexity index is 1240. The van der Waals surface area contributed by atoms with Crippen LogP contribution in [0.3, 0.4) is 0 Å². The van der Waals surface area contributed by atoms with Gasteiger partial charge in [0.2, 0.25) is 0 Å². The van der Waals surface area contributed by atoms with Gasteiger partial charge in [-0.3, -0.25) is 5.32 Å². The largest absolute Gasteiger partial charge is 0.324 e. The Kier molecular flexibility index (Phi) is 5.44. The molecular formula is C21H19Cl2N5OS. The van der Waals surface area contributed by atoms with E-state index in [0.717, 1.165) is 21.6 Å². The third kappa shape index (κ3) is 4.14. The maximum absolute atomic E-state index is 12.7. The van der Waals surface area contributed by atoms with Gasteiger partial charge >= 0.3 is 6.03 Å². The van der Waals surface area contributed by atoms with Crippen LogP contribution in [0.5, 0.6) is 0 Å². The van der Waals surface area contributed by atoms with E-state index in [9.17, 15) is 4.79 Å². The van der Waals surface area contributed by atoms with Crippen molar-refractivity contribution < 1.29 is 4.79 Å². The molecule has 0 fully saturated rings. The number of benzene rings is 2. The first kappa shape index (κ1) is 20.7.